The summed E-state index contributed by atoms with van der Waals surface area (Å²) in [6, 6.07) is 11.5. The van der Waals surface area contributed by atoms with Crippen molar-refractivity contribution < 1.29 is 19.3 Å². The molecule has 4 heteroatoms. The van der Waals surface area contributed by atoms with Crippen LogP contribution in [0.15, 0.2) is 36.4 Å². The second-order valence-electron chi connectivity index (χ2n) is 4.27. The molecule has 0 aliphatic carbocycles. The quantitative estimate of drug-likeness (QED) is 0.910. The normalized spacial score (nSPS) is 10.2. The third kappa shape index (κ3) is 2.70. The van der Waals surface area contributed by atoms with Crippen LogP contribution in [0.1, 0.15) is 5.56 Å². The van der Waals surface area contributed by atoms with Crippen LogP contribution in [0.5, 0.6) is 17.2 Å². The molecule has 1 N–H and O–H groups in total. The van der Waals surface area contributed by atoms with Gasteiger partial charge in [0.05, 0.1) is 27.9 Å². The van der Waals surface area contributed by atoms with Crippen molar-refractivity contribution in [2.45, 2.75) is 6.61 Å². The Morgan fingerprint density at radius 3 is 2.00 bits per heavy atom. The molecule has 0 heterocycles. The maximum Gasteiger partial charge on any atom is 0.203 e. The highest BCUT2D eigenvalue weighted by atomic mass is 16.5. The first kappa shape index (κ1) is 14.2. The molecule has 0 aliphatic rings. The van der Waals surface area contributed by atoms with Crippen molar-refractivity contribution in [1.29, 1.82) is 0 Å². The molecule has 0 bridgehead atoms. The molecular weight excluding hydrogens is 256 g/mol. The van der Waals surface area contributed by atoms with Gasteiger partial charge in [-0.15, -0.1) is 0 Å². The molecule has 0 aromatic heterocycles. The number of hydrogen-bond acceptors (Lipinski definition) is 4. The monoisotopic (exact) mass is 274 g/mol. The molecule has 2 aromatic carbocycles. The van der Waals surface area contributed by atoms with Gasteiger partial charge in [-0.05, 0) is 34.9 Å². The first-order valence-corrected chi connectivity index (χ1v) is 6.23. The molecule has 0 saturated heterocycles. The van der Waals surface area contributed by atoms with Gasteiger partial charge in [0.15, 0.2) is 11.5 Å². The minimum atomic E-state index is 0.0122. The molecule has 0 radical (unpaired) electrons. The van der Waals surface area contributed by atoms with E-state index >= 15 is 0 Å². The molecule has 0 aliphatic heterocycles. The Morgan fingerprint density at radius 1 is 0.850 bits per heavy atom. The van der Waals surface area contributed by atoms with Crippen molar-refractivity contribution in [1.82, 2.24) is 0 Å². The van der Waals surface area contributed by atoms with E-state index in [-0.39, 0.29) is 6.61 Å². The zero-order valence-electron chi connectivity index (χ0n) is 11.8. The number of methoxy groups -OCH3 is 3. The lowest BCUT2D eigenvalue weighted by molar-refractivity contribution is 0.282. The lowest BCUT2D eigenvalue weighted by Gasteiger charge is -2.14. The van der Waals surface area contributed by atoms with E-state index in [0.717, 1.165) is 16.7 Å². The van der Waals surface area contributed by atoms with E-state index in [1.807, 2.05) is 36.4 Å². The molecule has 0 saturated carbocycles. The van der Waals surface area contributed by atoms with Crippen LogP contribution >= 0.6 is 0 Å². The molecule has 20 heavy (non-hydrogen) atoms. The maximum absolute atomic E-state index is 9.22. The van der Waals surface area contributed by atoms with Crippen molar-refractivity contribution in [3.05, 3.63) is 42.0 Å². The smallest absolute Gasteiger partial charge is 0.203 e. The summed E-state index contributed by atoms with van der Waals surface area (Å²) in [6.45, 7) is 0.0122. The number of benzene rings is 2. The summed E-state index contributed by atoms with van der Waals surface area (Å²) in [5.74, 6) is 1.78. The molecule has 0 spiro atoms. The summed E-state index contributed by atoms with van der Waals surface area (Å²) in [4.78, 5) is 0. The molecule has 2 rings (SSSR count). The van der Waals surface area contributed by atoms with Gasteiger partial charge in [0, 0.05) is 0 Å². The first-order valence-electron chi connectivity index (χ1n) is 6.23. The summed E-state index contributed by atoms with van der Waals surface area (Å²) in [5.41, 5.74) is 2.78. The van der Waals surface area contributed by atoms with Crippen molar-refractivity contribution in [2.75, 3.05) is 21.3 Å². The van der Waals surface area contributed by atoms with E-state index in [9.17, 15) is 5.11 Å². The Morgan fingerprint density at radius 2 is 1.50 bits per heavy atom. The Hall–Kier alpha value is -2.20. The van der Waals surface area contributed by atoms with Gasteiger partial charge < -0.3 is 19.3 Å². The van der Waals surface area contributed by atoms with Crippen LogP contribution in [0.4, 0.5) is 0 Å². The Kier molecular flexibility index (Phi) is 4.48. The molecule has 0 unspecified atom stereocenters. The zero-order valence-corrected chi connectivity index (χ0v) is 11.8. The number of aliphatic hydroxyl groups excluding tert-OH is 1. The van der Waals surface area contributed by atoms with Crippen LogP contribution in [0, 0.1) is 0 Å². The fraction of sp³-hybridized carbons (Fsp3) is 0.250. The average molecular weight is 274 g/mol. The third-order valence-corrected chi connectivity index (χ3v) is 3.11. The van der Waals surface area contributed by atoms with Crippen LogP contribution in [0.25, 0.3) is 11.1 Å². The minimum absolute atomic E-state index is 0.0122. The van der Waals surface area contributed by atoms with Crippen molar-refractivity contribution in [3.63, 3.8) is 0 Å². The second kappa shape index (κ2) is 6.30. The summed E-state index contributed by atoms with van der Waals surface area (Å²) >= 11 is 0. The van der Waals surface area contributed by atoms with E-state index in [4.69, 9.17) is 14.2 Å². The Balaban J connectivity index is 2.56. The largest absolute Gasteiger partial charge is 0.493 e. The number of hydrogen-bond donors (Lipinski definition) is 1. The van der Waals surface area contributed by atoms with Crippen LogP contribution in [-0.4, -0.2) is 26.4 Å². The highest BCUT2D eigenvalue weighted by Crippen LogP contribution is 2.41. The van der Waals surface area contributed by atoms with Crippen LogP contribution in [-0.2, 0) is 6.61 Å². The predicted octanol–water partition coefficient (Wildman–Crippen LogP) is 2.87. The van der Waals surface area contributed by atoms with Crippen molar-refractivity contribution in [3.8, 4) is 28.4 Å². The van der Waals surface area contributed by atoms with Crippen LogP contribution < -0.4 is 14.2 Å². The highest BCUT2D eigenvalue weighted by molar-refractivity contribution is 5.71. The molecule has 0 fully saturated rings. The van der Waals surface area contributed by atoms with Crippen molar-refractivity contribution >= 4 is 0 Å². The van der Waals surface area contributed by atoms with Gasteiger partial charge in [0.1, 0.15) is 0 Å². The van der Waals surface area contributed by atoms with Gasteiger partial charge in [-0.3, -0.25) is 0 Å². The molecule has 2 aromatic rings. The summed E-state index contributed by atoms with van der Waals surface area (Å²) in [6.07, 6.45) is 0. The fourth-order valence-electron chi connectivity index (χ4n) is 2.10. The summed E-state index contributed by atoms with van der Waals surface area (Å²) < 4.78 is 16.0. The number of ether oxygens (including phenoxy) is 3. The van der Waals surface area contributed by atoms with E-state index in [1.54, 1.807) is 21.3 Å². The van der Waals surface area contributed by atoms with Gasteiger partial charge in [-0.1, -0.05) is 18.2 Å². The molecule has 4 nitrogen and oxygen atoms in total. The minimum Gasteiger partial charge on any atom is -0.493 e. The van der Waals surface area contributed by atoms with E-state index in [2.05, 4.69) is 0 Å². The molecule has 0 atom stereocenters. The standard InChI is InChI=1S/C16H18O4/c1-18-14-8-13(9-15(19-2)16(14)20-3)12-6-4-5-11(7-12)10-17/h4-9,17H,10H2,1-3H3. The molecule has 106 valence electrons. The SMILES string of the molecule is COc1cc(-c2cccc(CO)c2)cc(OC)c1OC. The summed E-state index contributed by atoms with van der Waals surface area (Å²) in [5, 5.41) is 9.22. The highest BCUT2D eigenvalue weighted by Gasteiger charge is 2.14. The lowest BCUT2D eigenvalue weighted by atomic mass is 10.0. The van der Waals surface area contributed by atoms with E-state index in [1.165, 1.54) is 0 Å². The topological polar surface area (TPSA) is 47.9 Å². The van der Waals surface area contributed by atoms with E-state index < -0.39 is 0 Å². The Labute approximate surface area is 118 Å². The molecule has 0 amide bonds. The summed E-state index contributed by atoms with van der Waals surface area (Å²) in [7, 11) is 4.75. The maximum atomic E-state index is 9.22. The van der Waals surface area contributed by atoms with Gasteiger partial charge in [0.2, 0.25) is 5.75 Å². The van der Waals surface area contributed by atoms with Crippen molar-refractivity contribution in [2.24, 2.45) is 0 Å². The third-order valence-electron chi connectivity index (χ3n) is 3.11. The predicted molar refractivity (Wildman–Crippen MR) is 77.5 cm³/mol. The number of rotatable bonds is 5. The van der Waals surface area contributed by atoms with Gasteiger partial charge >= 0.3 is 0 Å². The fourth-order valence-corrected chi connectivity index (χ4v) is 2.10. The van der Waals surface area contributed by atoms with E-state index in [0.29, 0.717) is 17.2 Å². The first-order chi connectivity index (χ1) is 9.73. The number of aliphatic hydroxyl groups is 1. The Bertz CT molecular complexity index is 568. The molecular formula is C16H18O4. The van der Waals surface area contributed by atoms with Gasteiger partial charge in [-0.2, -0.15) is 0 Å². The average Bonchev–Trinajstić information content (AvgIpc) is 2.53. The van der Waals surface area contributed by atoms with Gasteiger partial charge in [-0.25, -0.2) is 0 Å². The van der Waals surface area contributed by atoms with Gasteiger partial charge in [0.25, 0.3) is 0 Å². The second-order valence-corrected chi connectivity index (χ2v) is 4.27. The van der Waals surface area contributed by atoms with Crippen LogP contribution in [0.2, 0.25) is 0 Å². The van der Waals surface area contributed by atoms with Crippen LogP contribution in [0.3, 0.4) is 0 Å². The zero-order chi connectivity index (χ0) is 14.5. The lowest BCUT2D eigenvalue weighted by Crippen LogP contribution is -1.96.